The number of hydrogen-bond donors (Lipinski definition) is 1. The summed E-state index contributed by atoms with van der Waals surface area (Å²) in [4.78, 5) is 24.7. The molecular formula is C22H19F3N2O2. The minimum atomic E-state index is -4.46. The van der Waals surface area contributed by atoms with E-state index in [0.717, 1.165) is 23.3 Å². The fourth-order valence-corrected chi connectivity index (χ4v) is 2.98. The van der Waals surface area contributed by atoms with Crippen LogP contribution in [0.5, 0.6) is 0 Å². The monoisotopic (exact) mass is 400 g/mol. The van der Waals surface area contributed by atoms with Crippen LogP contribution < -0.4 is 10.9 Å². The van der Waals surface area contributed by atoms with Gasteiger partial charge in [-0.2, -0.15) is 13.2 Å². The quantitative estimate of drug-likeness (QED) is 0.685. The lowest BCUT2D eigenvalue weighted by Crippen LogP contribution is -2.23. The van der Waals surface area contributed by atoms with Gasteiger partial charge in [-0.05, 0) is 49.2 Å². The number of halogens is 3. The number of rotatable bonds is 4. The summed E-state index contributed by atoms with van der Waals surface area (Å²) in [6.45, 7) is 3.74. The molecule has 0 aliphatic rings. The lowest BCUT2D eigenvalue weighted by atomic mass is 10.1. The molecule has 2 aromatic carbocycles. The molecule has 0 radical (unpaired) electrons. The van der Waals surface area contributed by atoms with E-state index in [-0.39, 0.29) is 12.1 Å². The summed E-state index contributed by atoms with van der Waals surface area (Å²) in [6, 6.07) is 13.0. The first-order valence-electron chi connectivity index (χ1n) is 8.89. The molecule has 0 fully saturated rings. The molecule has 0 saturated carbocycles. The van der Waals surface area contributed by atoms with Crippen molar-refractivity contribution in [2.75, 3.05) is 5.32 Å². The highest BCUT2D eigenvalue weighted by atomic mass is 19.4. The van der Waals surface area contributed by atoms with Crippen LogP contribution >= 0.6 is 0 Å². The minimum absolute atomic E-state index is 0.0760. The molecular weight excluding hydrogens is 381 g/mol. The Balaban J connectivity index is 1.85. The Morgan fingerprint density at radius 1 is 1.03 bits per heavy atom. The van der Waals surface area contributed by atoms with Crippen molar-refractivity contribution in [1.29, 1.82) is 0 Å². The summed E-state index contributed by atoms with van der Waals surface area (Å²) in [6.07, 6.45) is -3.12. The summed E-state index contributed by atoms with van der Waals surface area (Å²) in [5, 5.41) is 2.79. The summed E-state index contributed by atoms with van der Waals surface area (Å²) >= 11 is 0. The molecule has 1 heterocycles. The van der Waals surface area contributed by atoms with E-state index in [9.17, 15) is 22.8 Å². The molecule has 1 amide bonds. The molecule has 1 aromatic heterocycles. The maximum absolute atomic E-state index is 12.9. The van der Waals surface area contributed by atoms with Crippen LogP contribution in [0.2, 0.25) is 0 Å². The maximum Gasteiger partial charge on any atom is 0.416 e. The third kappa shape index (κ3) is 4.93. The molecule has 0 spiro atoms. The summed E-state index contributed by atoms with van der Waals surface area (Å²) in [5.41, 5.74) is 1.96. The van der Waals surface area contributed by atoms with Crippen LogP contribution in [0.4, 0.5) is 18.9 Å². The molecule has 3 rings (SSSR count). The van der Waals surface area contributed by atoms with Gasteiger partial charge in [-0.25, -0.2) is 0 Å². The molecule has 0 unspecified atom stereocenters. The Bertz CT molecular complexity index is 1120. The average molecular weight is 400 g/mol. The fraction of sp³-hybridized carbons (Fsp3) is 0.182. The van der Waals surface area contributed by atoms with Gasteiger partial charge >= 0.3 is 6.18 Å². The highest BCUT2D eigenvalue weighted by molar-refractivity contribution is 6.04. The molecule has 29 heavy (non-hydrogen) atoms. The van der Waals surface area contributed by atoms with E-state index in [1.54, 1.807) is 6.07 Å². The van der Waals surface area contributed by atoms with E-state index < -0.39 is 23.2 Å². The van der Waals surface area contributed by atoms with Gasteiger partial charge in [0.25, 0.3) is 11.5 Å². The van der Waals surface area contributed by atoms with E-state index >= 15 is 0 Å². The molecule has 0 aliphatic carbocycles. The predicted octanol–water partition coefficient (Wildman–Crippen LogP) is 4.78. The number of hydrogen-bond acceptors (Lipinski definition) is 2. The van der Waals surface area contributed by atoms with Crippen molar-refractivity contribution in [2.24, 2.45) is 0 Å². The number of nitrogens with one attached hydrogen (secondary N) is 1. The van der Waals surface area contributed by atoms with Crippen molar-refractivity contribution in [3.63, 3.8) is 0 Å². The Labute approximate surface area is 165 Å². The fourth-order valence-electron chi connectivity index (χ4n) is 2.98. The molecule has 1 N–H and O–H groups in total. The van der Waals surface area contributed by atoms with Crippen molar-refractivity contribution in [3.05, 3.63) is 99.0 Å². The first-order valence-corrected chi connectivity index (χ1v) is 8.89. The second-order valence-corrected chi connectivity index (χ2v) is 6.85. The van der Waals surface area contributed by atoms with Gasteiger partial charge in [-0.3, -0.25) is 9.59 Å². The van der Waals surface area contributed by atoms with Crippen LogP contribution in [-0.2, 0) is 12.7 Å². The first-order chi connectivity index (χ1) is 13.6. The van der Waals surface area contributed by atoms with Gasteiger partial charge in [-0.15, -0.1) is 0 Å². The number of carbonyl (C=O) groups is 1. The number of carbonyl (C=O) groups excluding carboxylic acids is 1. The zero-order valence-corrected chi connectivity index (χ0v) is 15.9. The van der Waals surface area contributed by atoms with Crippen LogP contribution in [0, 0.1) is 13.8 Å². The van der Waals surface area contributed by atoms with Crippen LogP contribution in [0.3, 0.4) is 0 Å². The molecule has 4 nitrogen and oxygen atoms in total. The minimum Gasteiger partial charge on any atom is -0.322 e. The number of aryl methyl sites for hydroxylation is 2. The van der Waals surface area contributed by atoms with Crippen molar-refractivity contribution in [3.8, 4) is 0 Å². The van der Waals surface area contributed by atoms with Crippen molar-refractivity contribution < 1.29 is 18.0 Å². The molecule has 0 atom stereocenters. The number of aromatic nitrogens is 1. The van der Waals surface area contributed by atoms with E-state index in [4.69, 9.17) is 0 Å². The second kappa shape index (κ2) is 7.95. The van der Waals surface area contributed by atoms with Gasteiger partial charge in [0.15, 0.2) is 0 Å². The number of anilines is 1. The lowest BCUT2D eigenvalue weighted by Gasteiger charge is -2.12. The number of amides is 1. The maximum atomic E-state index is 12.9. The van der Waals surface area contributed by atoms with Crippen molar-refractivity contribution >= 4 is 11.6 Å². The molecule has 0 saturated heterocycles. The predicted molar refractivity (Wildman–Crippen MR) is 105 cm³/mol. The third-order valence-corrected chi connectivity index (χ3v) is 4.48. The first kappa shape index (κ1) is 20.4. The zero-order chi connectivity index (χ0) is 21.2. The number of benzene rings is 2. The second-order valence-electron chi connectivity index (χ2n) is 6.85. The van der Waals surface area contributed by atoms with Crippen LogP contribution in [-0.4, -0.2) is 10.5 Å². The van der Waals surface area contributed by atoms with Gasteiger partial charge in [0.1, 0.15) is 0 Å². The van der Waals surface area contributed by atoms with Gasteiger partial charge in [0, 0.05) is 18.0 Å². The molecule has 0 aliphatic heterocycles. The van der Waals surface area contributed by atoms with Gasteiger partial charge in [0.05, 0.1) is 17.7 Å². The third-order valence-electron chi connectivity index (χ3n) is 4.48. The zero-order valence-electron chi connectivity index (χ0n) is 15.9. The Hall–Kier alpha value is -3.35. The van der Waals surface area contributed by atoms with Gasteiger partial charge < -0.3 is 9.88 Å². The van der Waals surface area contributed by atoms with E-state index in [2.05, 4.69) is 5.32 Å². The molecule has 150 valence electrons. The molecule has 7 heteroatoms. The van der Waals surface area contributed by atoms with E-state index in [1.807, 2.05) is 26.0 Å². The Kier molecular flexibility index (Phi) is 5.59. The number of nitrogens with zero attached hydrogens (tertiary/aromatic N) is 1. The molecule has 3 aromatic rings. The standard InChI is InChI=1S/C22H19F3N2O2/c1-14-6-8-19(15(2)10-14)26-21(29)17-7-9-20(28)27(13-17)12-16-4-3-5-18(11-16)22(23,24)25/h3-11,13H,12H2,1-2H3,(H,26,29). The average Bonchev–Trinajstić information content (AvgIpc) is 2.65. The Morgan fingerprint density at radius 3 is 2.48 bits per heavy atom. The van der Waals surface area contributed by atoms with Crippen molar-refractivity contribution in [1.82, 2.24) is 4.57 Å². The SMILES string of the molecule is Cc1ccc(NC(=O)c2ccc(=O)n(Cc3cccc(C(F)(F)F)c3)c2)c(C)c1. The number of pyridine rings is 1. The number of alkyl halides is 3. The van der Waals surface area contributed by atoms with Crippen LogP contribution in [0.1, 0.15) is 32.6 Å². The van der Waals surface area contributed by atoms with Gasteiger partial charge in [0.2, 0.25) is 0 Å². The smallest absolute Gasteiger partial charge is 0.322 e. The largest absolute Gasteiger partial charge is 0.416 e. The van der Waals surface area contributed by atoms with Gasteiger partial charge in [-0.1, -0.05) is 29.8 Å². The molecule has 0 bridgehead atoms. The normalized spacial score (nSPS) is 11.3. The van der Waals surface area contributed by atoms with Crippen LogP contribution in [0.15, 0.2) is 65.6 Å². The Morgan fingerprint density at radius 2 is 1.79 bits per heavy atom. The summed E-state index contributed by atoms with van der Waals surface area (Å²) in [5.74, 6) is -0.408. The van der Waals surface area contributed by atoms with E-state index in [1.165, 1.54) is 35.0 Å². The topological polar surface area (TPSA) is 51.1 Å². The van der Waals surface area contributed by atoms with Crippen LogP contribution in [0.25, 0.3) is 0 Å². The van der Waals surface area contributed by atoms with E-state index in [0.29, 0.717) is 11.3 Å². The lowest BCUT2D eigenvalue weighted by molar-refractivity contribution is -0.137. The summed E-state index contributed by atoms with van der Waals surface area (Å²) in [7, 11) is 0. The highest BCUT2D eigenvalue weighted by Gasteiger charge is 2.30. The summed E-state index contributed by atoms with van der Waals surface area (Å²) < 4.78 is 39.9. The van der Waals surface area contributed by atoms with Crippen molar-refractivity contribution in [2.45, 2.75) is 26.6 Å². The highest BCUT2D eigenvalue weighted by Crippen LogP contribution is 2.29.